The highest BCUT2D eigenvalue weighted by atomic mass is 32.2. The number of hydrogen-bond acceptors (Lipinski definition) is 5. The van der Waals surface area contributed by atoms with Crippen LogP contribution in [0.5, 0.6) is 0 Å². The molecular weight excluding hydrogens is 533 g/mol. The Balaban J connectivity index is 1.77. The highest BCUT2D eigenvalue weighted by Crippen LogP contribution is 2.31. The Morgan fingerprint density at radius 1 is 1.05 bits per heavy atom. The van der Waals surface area contributed by atoms with Crippen molar-refractivity contribution in [2.24, 2.45) is 0 Å². The van der Waals surface area contributed by atoms with Crippen LogP contribution in [0.25, 0.3) is 22.4 Å². The summed E-state index contributed by atoms with van der Waals surface area (Å²) in [5, 5.41) is 3.60. The molecule has 2 aromatic carbocycles. The number of benzene rings is 2. The number of ether oxygens (including phenoxy) is 1. The van der Waals surface area contributed by atoms with Gasteiger partial charge in [0.15, 0.2) is 0 Å². The van der Waals surface area contributed by atoms with Crippen molar-refractivity contribution in [3.8, 4) is 22.4 Å². The van der Waals surface area contributed by atoms with E-state index in [0.717, 1.165) is 10.2 Å². The molecule has 1 amide bonds. The summed E-state index contributed by atoms with van der Waals surface area (Å²) in [6.45, 7) is 2.33. The maximum absolute atomic E-state index is 14.8. The molecule has 206 valence electrons. The van der Waals surface area contributed by atoms with Crippen LogP contribution in [0.2, 0.25) is 0 Å². The third-order valence-electron chi connectivity index (χ3n) is 5.64. The number of aromatic nitrogens is 3. The van der Waals surface area contributed by atoms with E-state index in [2.05, 4.69) is 5.10 Å². The third kappa shape index (κ3) is 6.17. The number of hydrogen-bond donors (Lipinski definition) is 0. The van der Waals surface area contributed by atoms with E-state index < -0.39 is 34.1 Å². The maximum atomic E-state index is 14.8. The van der Waals surface area contributed by atoms with Crippen LogP contribution in [0.1, 0.15) is 32.9 Å². The molecule has 12 heteroatoms. The first kappa shape index (κ1) is 28.0. The SMILES string of the molecule is CN(Cc1cc(-c2ccccc2F)n(S(=O)(=O)c2cccc(-c3cnn(C(F)F)c3)c2)c1)C(=O)OC(C)(C)C. The Hall–Kier alpha value is -4.06. The Morgan fingerprint density at radius 2 is 1.77 bits per heavy atom. The van der Waals surface area contributed by atoms with E-state index in [0.29, 0.717) is 21.4 Å². The quantitative estimate of drug-likeness (QED) is 0.270. The van der Waals surface area contributed by atoms with Crippen molar-refractivity contribution in [1.82, 2.24) is 18.7 Å². The van der Waals surface area contributed by atoms with Gasteiger partial charge in [-0.25, -0.2) is 26.3 Å². The molecule has 4 rings (SSSR count). The average molecular weight is 561 g/mol. The van der Waals surface area contributed by atoms with E-state index in [1.807, 2.05) is 0 Å². The average Bonchev–Trinajstić information content (AvgIpc) is 3.52. The van der Waals surface area contributed by atoms with E-state index >= 15 is 0 Å². The van der Waals surface area contributed by atoms with Gasteiger partial charge >= 0.3 is 12.6 Å². The van der Waals surface area contributed by atoms with Gasteiger partial charge in [-0.2, -0.15) is 13.9 Å². The highest BCUT2D eigenvalue weighted by molar-refractivity contribution is 7.90. The van der Waals surface area contributed by atoms with Gasteiger partial charge in [-0.05, 0) is 62.2 Å². The molecule has 0 bridgehead atoms. The number of alkyl halides is 2. The van der Waals surface area contributed by atoms with Crippen LogP contribution in [0.4, 0.5) is 18.0 Å². The maximum Gasteiger partial charge on any atom is 0.410 e. The lowest BCUT2D eigenvalue weighted by atomic mass is 10.1. The van der Waals surface area contributed by atoms with Gasteiger partial charge in [-0.15, -0.1) is 0 Å². The molecule has 0 aliphatic heterocycles. The molecule has 2 aromatic heterocycles. The van der Waals surface area contributed by atoms with E-state index in [1.165, 1.54) is 66.8 Å². The second-order valence-corrected chi connectivity index (χ2v) is 11.7. The van der Waals surface area contributed by atoms with E-state index in [4.69, 9.17) is 4.74 Å². The zero-order chi connectivity index (χ0) is 28.5. The number of nitrogens with zero attached hydrogens (tertiary/aromatic N) is 4. The van der Waals surface area contributed by atoms with E-state index in [1.54, 1.807) is 32.9 Å². The fraction of sp³-hybridized carbons (Fsp3) is 0.259. The fourth-order valence-electron chi connectivity index (χ4n) is 3.87. The topological polar surface area (TPSA) is 86.4 Å². The first-order valence-electron chi connectivity index (χ1n) is 11.8. The van der Waals surface area contributed by atoms with Crippen LogP contribution in [0.15, 0.2) is 78.1 Å². The minimum atomic E-state index is -4.30. The van der Waals surface area contributed by atoms with Gasteiger partial charge in [0.05, 0.1) is 23.3 Å². The molecule has 0 unspecified atom stereocenters. The Morgan fingerprint density at radius 3 is 2.41 bits per heavy atom. The van der Waals surface area contributed by atoms with Gasteiger partial charge in [0, 0.05) is 30.6 Å². The Labute approximate surface area is 224 Å². The highest BCUT2D eigenvalue weighted by Gasteiger charge is 2.26. The lowest BCUT2D eigenvalue weighted by Crippen LogP contribution is -2.33. The molecule has 0 aliphatic carbocycles. The summed E-state index contributed by atoms with van der Waals surface area (Å²) in [4.78, 5) is 13.6. The van der Waals surface area contributed by atoms with Crippen LogP contribution < -0.4 is 0 Å². The Kier molecular flexibility index (Phi) is 7.60. The van der Waals surface area contributed by atoms with Crippen LogP contribution in [0.3, 0.4) is 0 Å². The monoisotopic (exact) mass is 560 g/mol. The van der Waals surface area contributed by atoms with Crippen molar-refractivity contribution >= 4 is 16.1 Å². The number of halogens is 3. The minimum absolute atomic E-state index is 0.00820. The number of carbonyl (C=O) groups is 1. The lowest BCUT2D eigenvalue weighted by molar-refractivity contribution is 0.0285. The summed E-state index contributed by atoms with van der Waals surface area (Å²) in [7, 11) is -2.79. The predicted octanol–water partition coefficient (Wildman–Crippen LogP) is 6.16. The largest absolute Gasteiger partial charge is 0.444 e. The normalized spacial score (nSPS) is 12.1. The molecule has 0 spiro atoms. The molecule has 0 atom stereocenters. The van der Waals surface area contributed by atoms with Gasteiger partial charge in [0.1, 0.15) is 11.4 Å². The second-order valence-electron chi connectivity index (χ2n) is 9.87. The predicted molar refractivity (Wildman–Crippen MR) is 139 cm³/mol. The van der Waals surface area contributed by atoms with Gasteiger partial charge < -0.3 is 9.64 Å². The van der Waals surface area contributed by atoms with Gasteiger partial charge in [-0.1, -0.05) is 24.3 Å². The first-order valence-corrected chi connectivity index (χ1v) is 13.3. The molecule has 2 heterocycles. The standard InChI is InChI=1S/C27H27F3N4O4S/c1-27(2,3)38-26(35)32(4)15-18-12-24(22-10-5-6-11-23(22)28)34(16-18)39(36,37)21-9-7-8-19(13-21)20-14-31-33(17-20)25(29)30/h5-14,16-17,25H,15H2,1-4H3. The Bertz CT molecular complexity index is 1610. The van der Waals surface area contributed by atoms with Crippen LogP contribution in [-0.2, 0) is 21.3 Å². The smallest absolute Gasteiger partial charge is 0.410 e. The van der Waals surface area contributed by atoms with Crippen molar-refractivity contribution < 1.29 is 31.1 Å². The molecule has 0 radical (unpaired) electrons. The lowest BCUT2D eigenvalue weighted by Gasteiger charge is -2.24. The van der Waals surface area contributed by atoms with Gasteiger partial charge in [0.2, 0.25) is 0 Å². The molecule has 0 saturated carbocycles. The summed E-state index contributed by atoms with van der Waals surface area (Å²) in [5.41, 5.74) is 0.439. The molecule has 0 aliphatic rings. The fourth-order valence-corrected chi connectivity index (χ4v) is 5.31. The second kappa shape index (κ2) is 10.6. The van der Waals surface area contributed by atoms with E-state index in [9.17, 15) is 26.4 Å². The number of carbonyl (C=O) groups excluding carboxylic acids is 1. The summed E-state index contributed by atoms with van der Waals surface area (Å²) >= 11 is 0. The zero-order valence-electron chi connectivity index (χ0n) is 21.7. The summed E-state index contributed by atoms with van der Waals surface area (Å²) < 4.78 is 75.3. The molecule has 39 heavy (non-hydrogen) atoms. The molecule has 4 aromatic rings. The zero-order valence-corrected chi connectivity index (χ0v) is 22.5. The molecule has 0 N–H and O–H groups in total. The third-order valence-corrected chi connectivity index (χ3v) is 7.31. The first-order chi connectivity index (χ1) is 18.3. The van der Waals surface area contributed by atoms with Crippen molar-refractivity contribution in [1.29, 1.82) is 0 Å². The minimum Gasteiger partial charge on any atom is -0.444 e. The molecule has 0 fully saturated rings. The number of amides is 1. The summed E-state index contributed by atoms with van der Waals surface area (Å²) in [6.07, 6.45) is 3.03. The molecule has 8 nitrogen and oxygen atoms in total. The van der Waals surface area contributed by atoms with Crippen molar-refractivity contribution in [2.75, 3.05) is 7.05 Å². The van der Waals surface area contributed by atoms with Gasteiger partial charge in [-0.3, -0.25) is 0 Å². The van der Waals surface area contributed by atoms with E-state index in [-0.39, 0.29) is 22.7 Å². The van der Waals surface area contributed by atoms with Gasteiger partial charge in [0.25, 0.3) is 10.0 Å². The molecular formula is C27H27F3N4O4S. The van der Waals surface area contributed by atoms with Crippen LogP contribution in [-0.4, -0.2) is 45.8 Å². The molecule has 0 saturated heterocycles. The van der Waals surface area contributed by atoms with Crippen LogP contribution >= 0.6 is 0 Å². The van der Waals surface area contributed by atoms with Crippen LogP contribution in [0, 0.1) is 5.82 Å². The van der Waals surface area contributed by atoms with Crippen molar-refractivity contribution in [2.45, 2.75) is 44.4 Å². The number of rotatable bonds is 7. The van der Waals surface area contributed by atoms with Crippen molar-refractivity contribution in [3.63, 3.8) is 0 Å². The summed E-state index contributed by atoms with van der Waals surface area (Å²) in [5.74, 6) is -0.632. The van der Waals surface area contributed by atoms with Crippen molar-refractivity contribution in [3.05, 3.63) is 84.6 Å². The summed E-state index contributed by atoms with van der Waals surface area (Å²) in [6, 6.07) is 13.0.